The highest BCUT2D eigenvalue weighted by Gasteiger charge is 2.10. The van der Waals surface area contributed by atoms with E-state index in [1.807, 2.05) is 0 Å². The van der Waals surface area contributed by atoms with Crippen molar-refractivity contribution in [2.75, 3.05) is 4.72 Å². The summed E-state index contributed by atoms with van der Waals surface area (Å²) in [6, 6.07) is 8.44. The van der Waals surface area contributed by atoms with E-state index < -0.39 is 10.0 Å². The van der Waals surface area contributed by atoms with Crippen LogP contribution in [0.15, 0.2) is 48.1 Å². The fraction of sp³-hybridized carbons (Fsp3) is 0. The number of hydrogen-bond donors (Lipinski definition) is 1. The van der Waals surface area contributed by atoms with Gasteiger partial charge in [-0.2, -0.15) is 4.98 Å². The third kappa shape index (κ3) is 3.41. The van der Waals surface area contributed by atoms with Crippen molar-refractivity contribution in [3.63, 3.8) is 0 Å². The molecule has 3 aromatic rings. The Kier molecular flexibility index (Phi) is 3.78. The highest BCUT2D eigenvalue weighted by molar-refractivity contribution is 7.95. The summed E-state index contributed by atoms with van der Waals surface area (Å²) in [6.45, 7) is 0. The van der Waals surface area contributed by atoms with Gasteiger partial charge in [-0.25, -0.2) is 22.6 Å². The molecular formula is C13H10ClN5O2S. The van der Waals surface area contributed by atoms with E-state index in [9.17, 15) is 8.42 Å². The summed E-state index contributed by atoms with van der Waals surface area (Å²) in [7, 11) is -3.72. The molecule has 2 aromatic heterocycles. The summed E-state index contributed by atoms with van der Waals surface area (Å²) >= 11 is 5.77. The largest absolute Gasteiger partial charge is 0.258 e. The summed E-state index contributed by atoms with van der Waals surface area (Å²) in [4.78, 5) is 7.92. The number of nitrogens with one attached hydrogen (secondary N) is 1. The van der Waals surface area contributed by atoms with Crippen LogP contribution in [0.3, 0.4) is 0 Å². The average Bonchev–Trinajstić information content (AvgIpc) is 2.88. The molecule has 0 aliphatic rings. The standard InChI is InChI=1S/C13H10ClN5O2S/c14-11-4-2-10(3-5-11)6-9-22(20,21)18-12-16-13-15-7-1-8-19(13)17-12/h1-9H,(H,17,18). The Balaban J connectivity index is 1.79. The molecule has 3 rings (SSSR count). The Bertz CT molecular complexity index is 901. The van der Waals surface area contributed by atoms with Gasteiger partial charge >= 0.3 is 0 Å². The first-order valence-corrected chi connectivity index (χ1v) is 8.08. The van der Waals surface area contributed by atoms with Crippen molar-refractivity contribution in [1.82, 2.24) is 19.6 Å². The molecule has 22 heavy (non-hydrogen) atoms. The fourth-order valence-corrected chi connectivity index (χ4v) is 2.55. The maximum atomic E-state index is 12.0. The van der Waals surface area contributed by atoms with Crippen molar-refractivity contribution in [2.24, 2.45) is 0 Å². The van der Waals surface area contributed by atoms with E-state index in [1.54, 1.807) is 42.7 Å². The van der Waals surface area contributed by atoms with Crippen molar-refractivity contribution in [3.05, 3.63) is 58.7 Å². The molecule has 0 aliphatic carbocycles. The zero-order chi connectivity index (χ0) is 15.6. The Morgan fingerprint density at radius 3 is 2.73 bits per heavy atom. The van der Waals surface area contributed by atoms with Crippen LogP contribution in [0.5, 0.6) is 0 Å². The number of hydrogen-bond acceptors (Lipinski definition) is 5. The van der Waals surface area contributed by atoms with Gasteiger partial charge in [0.2, 0.25) is 0 Å². The minimum absolute atomic E-state index is 0.0422. The molecule has 1 aromatic carbocycles. The topological polar surface area (TPSA) is 89.2 Å². The molecule has 1 N–H and O–H groups in total. The van der Waals surface area contributed by atoms with Crippen molar-refractivity contribution >= 4 is 39.4 Å². The van der Waals surface area contributed by atoms with E-state index in [0.29, 0.717) is 16.4 Å². The number of benzene rings is 1. The van der Waals surface area contributed by atoms with Crippen LogP contribution in [0, 0.1) is 0 Å². The first kappa shape index (κ1) is 14.5. The molecule has 0 aliphatic heterocycles. The van der Waals surface area contributed by atoms with Gasteiger partial charge in [0.15, 0.2) is 0 Å². The molecule has 0 radical (unpaired) electrons. The van der Waals surface area contributed by atoms with Crippen LogP contribution in [-0.2, 0) is 10.0 Å². The zero-order valence-electron chi connectivity index (χ0n) is 11.1. The molecule has 0 spiro atoms. The normalized spacial score (nSPS) is 12.0. The van der Waals surface area contributed by atoms with Crippen LogP contribution in [-0.4, -0.2) is 28.0 Å². The second-order valence-corrected chi connectivity index (χ2v) is 6.30. The van der Waals surface area contributed by atoms with Gasteiger partial charge in [0.05, 0.1) is 5.41 Å². The van der Waals surface area contributed by atoms with Crippen LogP contribution in [0.1, 0.15) is 5.56 Å². The van der Waals surface area contributed by atoms with Gasteiger partial charge in [-0.3, -0.25) is 0 Å². The van der Waals surface area contributed by atoms with E-state index in [0.717, 1.165) is 5.41 Å². The molecule has 112 valence electrons. The van der Waals surface area contributed by atoms with Gasteiger partial charge < -0.3 is 0 Å². The Morgan fingerprint density at radius 1 is 1.23 bits per heavy atom. The lowest BCUT2D eigenvalue weighted by molar-refractivity contribution is 0.609. The molecule has 0 saturated heterocycles. The molecule has 0 saturated carbocycles. The third-order valence-corrected chi connectivity index (χ3v) is 3.87. The quantitative estimate of drug-likeness (QED) is 0.789. The maximum Gasteiger partial charge on any atom is 0.258 e. The third-order valence-electron chi connectivity index (χ3n) is 2.66. The van der Waals surface area contributed by atoms with Crippen molar-refractivity contribution in [2.45, 2.75) is 0 Å². The number of rotatable bonds is 4. The molecule has 7 nitrogen and oxygen atoms in total. The molecule has 0 amide bonds. The van der Waals surface area contributed by atoms with Crippen molar-refractivity contribution < 1.29 is 8.42 Å². The summed E-state index contributed by atoms with van der Waals surface area (Å²) in [5.74, 6) is 0.265. The lowest BCUT2D eigenvalue weighted by Crippen LogP contribution is -2.10. The van der Waals surface area contributed by atoms with Gasteiger partial charge in [-0.05, 0) is 29.8 Å². The molecule has 0 bridgehead atoms. The van der Waals surface area contributed by atoms with Gasteiger partial charge in [-0.1, -0.05) is 23.7 Å². The van der Waals surface area contributed by atoms with Crippen LogP contribution in [0.25, 0.3) is 11.9 Å². The van der Waals surface area contributed by atoms with Gasteiger partial charge in [0, 0.05) is 17.4 Å². The maximum absolute atomic E-state index is 12.0. The van der Waals surface area contributed by atoms with Crippen molar-refractivity contribution in [1.29, 1.82) is 0 Å². The number of anilines is 1. The highest BCUT2D eigenvalue weighted by atomic mass is 35.5. The minimum atomic E-state index is -3.72. The lowest BCUT2D eigenvalue weighted by Gasteiger charge is -1.98. The SMILES string of the molecule is O=S(=O)(C=Cc1ccc(Cl)cc1)Nc1nc2ncccn2n1. The monoisotopic (exact) mass is 335 g/mol. The van der Waals surface area contributed by atoms with Crippen LogP contribution < -0.4 is 4.72 Å². The summed E-state index contributed by atoms with van der Waals surface area (Å²) < 4.78 is 27.6. The van der Waals surface area contributed by atoms with Crippen LogP contribution >= 0.6 is 11.6 Å². The van der Waals surface area contributed by atoms with E-state index in [2.05, 4.69) is 19.8 Å². The van der Waals surface area contributed by atoms with Gasteiger partial charge in [0.1, 0.15) is 0 Å². The first-order chi connectivity index (χ1) is 10.5. The Hall–Kier alpha value is -2.45. The predicted molar refractivity (Wildman–Crippen MR) is 83.8 cm³/mol. The minimum Gasteiger partial charge on any atom is -0.246 e. The van der Waals surface area contributed by atoms with Crippen molar-refractivity contribution in [3.8, 4) is 0 Å². The molecule has 2 heterocycles. The number of aromatic nitrogens is 4. The highest BCUT2D eigenvalue weighted by Crippen LogP contribution is 2.12. The summed E-state index contributed by atoms with van der Waals surface area (Å²) in [6.07, 6.45) is 4.62. The van der Waals surface area contributed by atoms with E-state index in [4.69, 9.17) is 11.6 Å². The molecule has 0 atom stereocenters. The summed E-state index contributed by atoms with van der Waals surface area (Å²) in [5.41, 5.74) is 0.708. The Labute approximate surface area is 131 Å². The second-order valence-electron chi connectivity index (χ2n) is 4.30. The second kappa shape index (κ2) is 5.74. The number of nitrogens with zero attached hydrogens (tertiary/aromatic N) is 4. The molecule has 9 heteroatoms. The molecule has 0 fully saturated rings. The summed E-state index contributed by atoms with van der Waals surface area (Å²) in [5, 5.41) is 5.59. The van der Waals surface area contributed by atoms with E-state index >= 15 is 0 Å². The van der Waals surface area contributed by atoms with E-state index in [-0.39, 0.29) is 5.95 Å². The average molecular weight is 336 g/mol. The first-order valence-electron chi connectivity index (χ1n) is 6.16. The lowest BCUT2D eigenvalue weighted by atomic mass is 10.2. The fourth-order valence-electron chi connectivity index (χ4n) is 1.68. The molecular weight excluding hydrogens is 326 g/mol. The number of halogens is 1. The smallest absolute Gasteiger partial charge is 0.246 e. The van der Waals surface area contributed by atoms with Gasteiger partial charge in [0.25, 0.3) is 21.7 Å². The van der Waals surface area contributed by atoms with Gasteiger partial charge in [-0.15, -0.1) is 5.10 Å². The zero-order valence-corrected chi connectivity index (χ0v) is 12.7. The van der Waals surface area contributed by atoms with E-state index in [1.165, 1.54) is 10.6 Å². The van der Waals surface area contributed by atoms with Crippen LogP contribution in [0.4, 0.5) is 5.95 Å². The number of sulfonamides is 1. The van der Waals surface area contributed by atoms with Crippen LogP contribution in [0.2, 0.25) is 5.02 Å². The predicted octanol–water partition coefficient (Wildman–Crippen LogP) is 2.19. The molecule has 0 unspecified atom stereocenters. The Morgan fingerprint density at radius 2 is 2.00 bits per heavy atom. The number of fused-ring (bicyclic) bond motifs is 1.